The van der Waals surface area contributed by atoms with Gasteiger partial charge in [0.05, 0.1) is 6.42 Å². The van der Waals surface area contributed by atoms with Gasteiger partial charge in [-0.05, 0) is 12.2 Å². The Bertz CT molecular complexity index is 401. The Morgan fingerprint density at radius 2 is 1.59 bits per heavy atom. The quantitative estimate of drug-likeness (QED) is 0.687. The van der Waals surface area contributed by atoms with E-state index in [0.29, 0.717) is 12.8 Å². The van der Waals surface area contributed by atoms with Crippen molar-refractivity contribution in [2.75, 3.05) is 0 Å². The Labute approximate surface area is 124 Å². The van der Waals surface area contributed by atoms with Gasteiger partial charge in [-0.1, -0.05) is 12.2 Å². The number of carbonyl (C=O) groups excluding carboxylic acids is 3. The van der Waals surface area contributed by atoms with Crippen LogP contribution in [-0.2, 0) is 47.1 Å². The van der Waals surface area contributed by atoms with Gasteiger partial charge in [-0.3, -0.25) is 14.4 Å². The standard InChI is InChI=1S/2C6H6O2.Y/c2*7-5-2-1-3-6(8)4-5;/h1-2H,3-4H2;1-2,4,7H,3H2;. The molecule has 2 rings (SSSR count). The zero-order valence-corrected chi connectivity index (χ0v) is 12.1. The Morgan fingerprint density at radius 1 is 0.941 bits per heavy atom. The fourth-order valence-corrected chi connectivity index (χ4v) is 1.22. The molecule has 0 unspecified atom stereocenters. The second-order valence-corrected chi connectivity index (χ2v) is 3.43. The van der Waals surface area contributed by atoms with Crippen molar-refractivity contribution >= 4 is 17.3 Å². The van der Waals surface area contributed by atoms with Crippen LogP contribution < -0.4 is 0 Å². The monoisotopic (exact) mass is 309 g/mol. The molecule has 0 fully saturated rings. The molecule has 0 aliphatic heterocycles. The average molecular weight is 309 g/mol. The molecule has 0 atom stereocenters. The van der Waals surface area contributed by atoms with Crippen molar-refractivity contribution in [3.8, 4) is 0 Å². The largest absolute Gasteiger partial charge is 0.508 e. The third-order valence-corrected chi connectivity index (χ3v) is 1.94. The summed E-state index contributed by atoms with van der Waals surface area (Å²) in [4.78, 5) is 31.2. The molecule has 87 valence electrons. The summed E-state index contributed by atoms with van der Waals surface area (Å²) in [5, 5.41) is 8.63. The van der Waals surface area contributed by atoms with Crippen LogP contribution in [0.5, 0.6) is 0 Å². The molecule has 4 nitrogen and oxygen atoms in total. The van der Waals surface area contributed by atoms with Gasteiger partial charge in [-0.25, -0.2) is 0 Å². The fraction of sp³-hybridized carbons (Fsp3) is 0.250. The molecule has 0 saturated carbocycles. The predicted molar refractivity (Wildman–Crippen MR) is 57.9 cm³/mol. The molecule has 0 bridgehead atoms. The molecule has 5 heteroatoms. The van der Waals surface area contributed by atoms with E-state index in [9.17, 15) is 14.4 Å². The average Bonchev–Trinajstić information content (AvgIpc) is 2.17. The van der Waals surface area contributed by atoms with Crippen molar-refractivity contribution in [1.29, 1.82) is 0 Å². The van der Waals surface area contributed by atoms with E-state index in [0.717, 1.165) is 0 Å². The van der Waals surface area contributed by atoms with Gasteiger partial charge in [-0.15, -0.1) is 0 Å². The fourth-order valence-electron chi connectivity index (χ4n) is 1.22. The topological polar surface area (TPSA) is 71.4 Å². The predicted octanol–water partition coefficient (Wildman–Crippen LogP) is 1.43. The van der Waals surface area contributed by atoms with Crippen LogP contribution in [0.4, 0.5) is 0 Å². The van der Waals surface area contributed by atoms with E-state index < -0.39 is 0 Å². The summed E-state index contributed by atoms with van der Waals surface area (Å²) in [6, 6.07) is 0. The maximum absolute atomic E-state index is 10.4. The normalized spacial score (nSPS) is 17.9. The van der Waals surface area contributed by atoms with Gasteiger partial charge < -0.3 is 5.11 Å². The van der Waals surface area contributed by atoms with Crippen molar-refractivity contribution < 1.29 is 52.2 Å². The molecule has 17 heavy (non-hydrogen) atoms. The Morgan fingerprint density at radius 3 is 1.94 bits per heavy atom. The molecule has 1 N–H and O–H groups in total. The van der Waals surface area contributed by atoms with Crippen molar-refractivity contribution in [2.24, 2.45) is 0 Å². The molecule has 0 aromatic carbocycles. The Hall–Kier alpha value is -0.866. The number of hydrogen-bond donors (Lipinski definition) is 1. The third kappa shape index (κ3) is 7.13. The molecule has 0 amide bonds. The van der Waals surface area contributed by atoms with Crippen LogP contribution in [0, 0.1) is 0 Å². The number of Topliss-reactive ketones (excluding diaryl/α,β-unsaturated/α-hetero) is 1. The summed E-state index contributed by atoms with van der Waals surface area (Å²) in [5.41, 5.74) is 0. The second-order valence-electron chi connectivity index (χ2n) is 3.43. The second kappa shape index (κ2) is 8.26. The third-order valence-electron chi connectivity index (χ3n) is 1.94. The van der Waals surface area contributed by atoms with E-state index in [-0.39, 0.29) is 62.2 Å². The minimum atomic E-state index is -0.0683. The van der Waals surface area contributed by atoms with Crippen molar-refractivity contribution in [3.63, 3.8) is 0 Å². The van der Waals surface area contributed by atoms with E-state index >= 15 is 0 Å². The van der Waals surface area contributed by atoms with Gasteiger partial charge in [0.25, 0.3) is 0 Å². The maximum Gasteiger partial charge on any atom is 0.163 e. The maximum atomic E-state index is 10.4. The number of carbonyl (C=O) groups is 3. The molecular formula is C12H12O4Y. The SMILES string of the molecule is O=C1C=C(O)C=CC1.O=C1C=CCC(=O)C1.[Y]. The summed E-state index contributed by atoms with van der Waals surface area (Å²) in [7, 11) is 0. The van der Waals surface area contributed by atoms with E-state index in [4.69, 9.17) is 5.11 Å². The van der Waals surface area contributed by atoms with Crippen LogP contribution in [0.15, 0.2) is 36.1 Å². The summed E-state index contributed by atoms with van der Waals surface area (Å²) < 4.78 is 0. The van der Waals surface area contributed by atoms with Crippen LogP contribution in [0.2, 0.25) is 0 Å². The first-order chi connectivity index (χ1) is 7.58. The van der Waals surface area contributed by atoms with Gasteiger partial charge in [0, 0.05) is 51.6 Å². The Kier molecular flexibility index (Phi) is 7.84. The first-order valence-corrected chi connectivity index (χ1v) is 4.89. The summed E-state index contributed by atoms with van der Waals surface area (Å²) in [6.07, 6.45) is 8.40. The van der Waals surface area contributed by atoms with Gasteiger partial charge in [0.1, 0.15) is 11.5 Å². The first kappa shape index (κ1) is 16.1. The van der Waals surface area contributed by atoms with Gasteiger partial charge in [-0.2, -0.15) is 0 Å². The van der Waals surface area contributed by atoms with E-state index in [2.05, 4.69) is 0 Å². The van der Waals surface area contributed by atoms with Gasteiger partial charge >= 0.3 is 0 Å². The number of allylic oxidation sites excluding steroid dienone is 5. The van der Waals surface area contributed by atoms with Crippen molar-refractivity contribution in [3.05, 3.63) is 36.1 Å². The van der Waals surface area contributed by atoms with E-state index in [1.54, 1.807) is 12.2 Å². The number of ketones is 3. The van der Waals surface area contributed by atoms with E-state index in [1.165, 1.54) is 18.2 Å². The number of aliphatic hydroxyl groups excluding tert-OH is 1. The molecule has 2 aliphatic carbocycles. The molecular weight excluding hydrogens is 297 g/mol. The van der Waals surface area contributed by atoms with Crippen LogP contribution in [-0.4, -0.2) is 22.5 Å². The molecule has 0 spiro atoms. The molecule has 0 aromatic rings. The van der Waals surface area contributed by atoms with Crippen molar-refractivity contribution in [1.82, 2.24) is 0 Å². The molecule has 0 saturated heterocycles. The van der Waals surface area contributed by atoms with Crippen LogP contribution >= 0.6 is 0 Å². The smallest absolute Gasteiger partial charge is 0.163 e. The molecule has 2 aliphatic rings. The minimum Gasteiger partial charge on any atom is -0.508 e. The van der Waals surface area contributed by atoms with Crippen LogP contribution in [0.3, 0.4) is 0 Å². The van der Waals surface area contributed by atoms with E-state index in [1.807, 2.05) is 0 Å². The van der Waals surface area contributed by atoms with Crippen LogP contribution in [0.25, 0.3) is 0 Å². The summed E-state index contributed by atoms with van der Waals surface area (Å²) in [5.74, 6) is -0.0231. The minimum absolute atomic E-state index is 0. The van der Waals surface area contributed by atoms with Gasteiger partial charge in [0.2, 0.25) is 0 Å². The molecule has 1 radical (unpaired) electrons. The van der Waals surface area contributed by atoms with Gasteiger partial charge in [0.15, 0.2) is 11.6 Å². The van der Waals surface area contributed by atoms with Crippen molar-refractivity contribution in [2.45, 2.75) is 19.3 Å². The number of aliphatic hydroxyl groups is 1. The first-order valence-electron chi connectivity index (χ1n) is 4.89. The summed E-state index contributed by atoms with van der Waals surface area (Å²) in [6.45, 7) is 0. The molecule has 0 heterocycles. The summed E-state index contributed by atoms with van der Waals surface area (Å²) >= 11 is 0. The Balaban J connectivity index is 0.000000284. The zero-order chi connectivity index (χ0) is 12.0. The van der Waals surface area contributed by atoms with Crippen LogP contribution in [0.1, 0.15) is 19.3 Å². The number of hydrogen-bond acceptors (Lipinski definition) is 4. The zero-order valence-electron chi connectivity index (χ0n) is 9.26. The molecule has 0 aromatic heterocycles. The number of rotatable bonds is 0.